The molecule has 1 aromatic carbocycles. The first-order chi connectivity index (χ1) is 8.81. The predicted octanol–water partition coefficient (Wildman–Crippen LogP) is 1.09. The predicted molar refractivity (Wildman–Crippen MR) is 69.9 cm³/mol. The fourth-order valence-electron chi connectivity index (χ4n) is 1.37. The lowest BCUT2D eigenvalue weighted by atomic mass is 10.2. The van der Waals surface area contributed by atoms with E-state index >= 15 is 0 Å². The third-order valence-electron chi connectivity index (χ3n) is 2.52. The van der Waals surface area contributed by atoms with Crippen LogP contribution in [0.2, 0.25) is 5.02 Å². The van der Waals surface area contributed by atoms with Gasteiger partial charge in [-0.1, -0.05) is 18.5 Å². The maximum absolute atomic E-state index is 12.0. The van der Waals surface area contributed by atoms with Crippen molar-refractivity contribution in [3.63, 3.8) is 0 Å². The number of carboxylic acids is 1. The molecular weight excluding hydrogens is 294 g/mol. The highest BCUT2D eigenvalue weighted by Crippen LogP contribution is 2.21. The molecule has 0 amide bonds. The largest absolute Gasteiger partial charge is 0.478 e. The summed E-state index contributed by atoms with van der Waals surface area (Å²) in [6.07, 6.45) is 0.427. The summed E-state index contributed by atoms with van der Waals surface area (Å²) in [5, 5.41) is 17.6. The van der Waals surface area contributed by atoms with Crippen molar-refractivity contribution in [2.24, 2.45) is 0 Å². The van der Waals surface area contributed by atoms with Gasteiger partial charge in [-0.2, -0.15) is 0 Å². The molecule has 106 valence electrons. The van der Waals surface area contributed by atoms with Crippen LogP contribution in [0.1, 0.15) is 23.7 Å². The number of carbonyl (C=O) groups is 1. The third-order valence-corrected chi connectivity index (χ3v) is 4.35. The third kappa shape index (κ3) is 3.90. The molecule has 1 aromatic rings. The van der Waals surface area contributed by atoms with Gasteiger partial charge < -0.3 is 10.2 Å². The van der Waals surface area contributed by atoms with E-state index in [2.05, 4.69) is 4.72 Å². The molecule has 1 rings (SSSR count). The summed E-state index contributed by atoms with van der Waals surface area (Å²) in [4.78, 5) is 10.6. The minimum absolute atomic E-state index is 0.144. The smallest absolute Gasteiger partial charge is 0.337 e. The molecule has 0 aliphatic carbocycles. The van der Waals surface area contributed by atoms with Gasteiger partial charge in [0.15, 0.2) is 0 Å². The Kier molecular flexibility index (Phi) is 5.30. The number of nitrogens with one attached hydrogen (secondary N) is 1. The van der Waals surface area contributed by atoms with E-state index in [4.69, 9.17) is 21.8 Å². The fourth-order valence-corrected chi connectivity index (χ4v) is 3.04. The van der Waals surface area contributed by atoms with Gasteiger partial charge in [0, 0.05) is 6.04 Å². The summed E-state index contributed by atoms with van der Waals surface area (Å²) < 4.78 is 26.2. The van der Waals surface area contributed by atoms with Crippen molar-refractivity contribution in [1.82, 2.24) is 4.72 Å². The second-order valence-electron chi connectivity index (χ2n) is 3.86. The molecule has 0 saturated heterocycles. The van der Waals surface area contributed by atoms with E-state index in [0.29, 0.717) is 6.42 Å². The maximum Gasteiger partial charge on any atom is 0.337 e. The fraction of sp³-hybridized carbons (Fsp3) is 0.364. The summed E-state index contributed by atoms with van der Waals surface area (Å²) in [7, 11) is -3.84. The molecule has 0 bridgehead atoms. The number of halogens is 1. The van der Waals surface area contributed by atoms with Gasteiger partial charge in [0.25, 0.3) is 0 Å². The summed E-state index contributed by atoms with van der Waals surface area (Å²) >= 11 is 5.71. The summed E-state index contributed by atoms with van der Waals surface area (Å²) in [6, 6.07) is 2.75. The van der Waals surface area contributed by atoms with Crippen LogP contribution < -0.4 is 4.72 Å². The molecule has 8 heteroatoms. The van der Waals surface area contributed by atoms with E-state index in [0.717, 1.165) is 18.2 Å². The topological polar surface area (TPSA) is 104 Å². The van der Waals surface area contributed by atoms with Crippen LogP contribution in [0.3, 0.4) is 0 Å². The standard InChI is InChI=1S/C11H14ClNO5S/c1-2-7(6-14)13-19(17,18)8-3-4-9(11(15)16)10(12)5-8/h3-5,7,13-14H,2,6H2,1H3,(H,15,16). The number of aliphatic hydroxyl groups is 1. The lowest BCUT2D eigenvalue weighted by Crippen LogP contribution is -2.36. The van der Waals surface area contributed by atoms with E-state index in [1.807, 2.05) is 0 Å². The molecule has 0 aromatic heterocycles. The highest BCUT2D eigenvalue weighted by atomic mass is 35.5. The Morgan fingerprint density at radius 2 is 2.11 bits per heavy atom. The second-order valence-corrected chi connectivity index (χ2v) is 5.98. The van der Waals surface area contributed by atoms with Crippen LogP contribution in [0.4, 0.5) is 0 Å². The first-order valence-electron chi connectivity index (χ1n) is 5.47. The van der Waals surface area contributed by atoms with E-state index in [1.165, 1.54) is 0 Å². The normalized spacial score (nSPS) is 13.2. The van der Waals surface area contributed by atoms with Gasteiger partial charge in [-0.3, -0.25) is 0 Å². The zero-order valence-corrected chi connectivity index (χ0v) is 11.7. The van der Waals surface area contributed by atoms with Crippen LogP contribution in [0.25, 0.3) is 0 Å². The Morgan fingerprint density at radius 3 is 2.53 bits per heavy atom. The molecule has 0 aliphatic rings. The van der Waals surface area contributed by atoms with Crippen molar-refractivity contribution in [2.75, 3.05) is 6.61 Å². The zero-order chi connectivity index (χ0) is 14.6. The minimum Gasteiger partial charge on any atom is -0.478 e. The maximum atomic E-state index is 12.0. The van der Waals surface area contributed by atoms with Gasteiger partial charge >= 0.3 is 5.97 Å². The highest BCUT2D eigenvalue weighted by molar-refractivity contribution is 7.89. The molecule has 0 fully saturated rings. The molecule has 1 unspecified atom stereocenters. The van der Waals surface area contributed by atoms with Gasteiger partial charge in [0.05, 0.1) is 22.1 Å². The number of hydrogen-bond acceptors (Lipinski definition) is 4. The van der Waals surface area contributed by atoms with Crippen LogP contribution in [0.5, 0.6) is 0 Å². The minimum atomic E-state index is -3.84. The van der Waals surface area contributed by atoms with Gasteiger partial charge in [0.1, 0.15) is 0 Å². The summed E-state index contributed by atoms with van der Waals surface area (Å²) in [5.41, 5.74) is -0.171. The first-order valence-corrected chi connectivity index (χ1v) is 7.34. The molecule has 0 radical (unpaired) electrons. The lowest BCUT2D eigenvalue weighted by molar-refractivity contribution is 0.0697. The molecule has 19 heavy (non-hydrogen) atoms. The number of aromatic carboxylic acids is 1. The number of aliphatic hydroxyl groups excluding tert-OH is 1. The summed E-state index contributed by atoms with van der Waals surface area (Å²) in [5.74, 6) is -1.23. The van der Waals surface area contributed by atoms with E-state index in [1.54, 1.807) is 6.92 Å². The Hall–Kier alpha value is -1.15. The summed E-state index contributed by atoms with van der Waals surface area (Å²) in [6.45, 7) is 1.40. The van der Waals surface area contributed by atoms with E-state index in [-0.39, 0.29) is 22.1 Å². The molecule has 6 nitrogen and oxygen atoms in total. The average molecular weight is 308 g/mol. The first kappa shape index (κ1) is 15.9. The SMILES string of the molecule is CCC(CO)NS(=O)(=O)c1ccc(C(=O)O)c(Cl)c1. The Labute approximate surface area is 116 Å². The zero-order valence-electron chi connectivity index (χ0n) is 10.1. The highest BCUT2D eigenvalue weighted by Gasteiger charge is 2.20. The Morgan fingerprint density at radius 1 is 1.47 bits per heavy atom. The molecule has 0 aliphatic heterocycles. The van der Waals surface area contributed by atoms with Crippen LogP contribution in [-0.4, -0.2) is 37.2 Å². The monoisotopic (exact) mass is 307 g/mol. The van der Waals surface area contributed by atoms with Crippen molar-refractivity contribution in [3.05, 3.63) is 28.8 Å². The van der Waals surface area contributed by atoms with Crippen molar-refractivity contribution in [1.29, 1.82) is 0 Å². The molecule has 0 spiro atoms. The van der Waals surface area contributed by atoms with Crippen LogP contribution in [0.15, 0.2) is 23.1 Å². The molecule has 1 atom stereocenters. The Balaban J connectivity index is 3.09. The molecule has 0 heterocycles. The number of hydrogen-bond donors (Lipinski definition) is 3. The van der Waals surface area contributed by atoms with Crippen molar-refractivity contribution < 1.29 is 23.4 Å². The number of rotatable bonds is 6. The van der Waals surface area contributed by atoms with Crippen molar-refractivity contribution >= 4 is 27.6 Å². The van der Waals surface area contributed by atoms with E-state index < -0.39 is 22.0 Å². The van der Waals surface area contributed by atoms with Crippen LogP contribution in [0, 0.1) is 0 Å². The average Bonchev–Trinajstić information content (AvgIpc) is 2.35. The van der Waals surface area contributed by atoms with Crippen LogP contribution in [-0.2, 0) is 10.0 Å². The number of carboxylic acid groups (broad SMARTS) is 1. The van der Waals surface area contributed by atoms with Crippen molar-refractivity contribution in [2.45, 2.75) is 24.3 Å². The van der Waals surface area contributed by atoms with Gasteiger partial charge in [0.2, 0.25) is 10.0 Å². The lowest BCUT2D eigenvalue weighted by Gasteiger charge is -2.14. The second kappa shape index (κ2) is 6.33. The van der Waals surface area contributed by atoms with E-state index in [9.17, 15) is 13.2 Å². The number of sulfonamides is 1. The molecule has 3 N–H and O–H groups in total. The van der Waals surface area contributed by atoms with Gasteiger partial charge in [-0.15, -0.1) is 0 Å². The molecular formula is C11H14ClNO5S. The van der Waals surface area contributed by atoms with Gasteiger partial charge in [-0.05, 0) is 24.6 Å². The Bertz CT molecular complexity index is 568. The van der Waals surface area contributed by atoms with Gasteiger partial charge in [-0.25, -0.2) is 17.9 Å². The van der Waals surface area contributed by atoms with Crippen molar-refractivity contribution in [3.8, 4) is 0 Å². The molecule has 0 saturated carbocycles. The van der Waals surface area contributed by atoms with Crippen LogP contribution >= 0.6 is 11.6 Å². The number of benzene rings is 1. The quantitative estimate of drug-likeness (QED) is 0.730.